The number of methoxy groups -OCH3 is 2. The van der Waals surface area contributed by atoms with Crippen molar-refractivity contribution in [2.24, 2.45) is 11.8 Å². The third-order valence-electron chi connectivity index (χ3n) is 9.04. The van der Waals surface area contributed by atoms with E-state index in [1.165, 1.54) is 19.1 Å². The normalized spacial score (nSPS) is 16.5. The fourth-order valence-corrected chi connectivity index (χ4v) is 6.23. The first-order chi connectivity index (χ1) is 25.5. The minimum Gasteiger partial charge on any atom is -0.459 e. The second-order valence-electron chi connectivity index (χ2n) is 14.7. The lowest BCUT2D eigenvalue weighted by Gasteiger charge is -2.39. The molecule has 1 fully saturated rings. The van der Waals surface area contributed by atoms with Crippen molar-refractivity contribution in [1.82, 2.24) is 25.1 Å². The van der Waals surface area contributed by atoms with Gasteiger partial charge in [0.15, 0.2) is 0 Å². The molecule has 6 unspecified atom stereocenters. The predicted molar refractivity (Wildman–Crippen MR) is 213 cm³/mol. The number of nitrogens with zero attached hydrogens (tertiary/aromatic N) is 4. The predicted octanol–water partition coefficient (Wildman–Crippen LogP) is 5.68. The topological polar surface area (TPSA) is 152 Å². The number of likely N-dealkylation sites (N-methyl/N-ethyl adjacent to an activating group) is 1. The Kier molecular flexibility index (Phi) is 22.2. The molecule has 1 aliphatic rings. The molecule has 54 heavy (non-hydrogen) atoms. The number of esters is 1. The number of anilines is 1. The van der Waals surface area contributed by atoms with Crippen LogP contribution in [0.2, 0.25) is 0 Å². The fraction of sp³-hybridized carbons (Fsp3) is 0.659. The molecule has 0 radical (unpaired) electrons. The molecule has 1 saturated heterocycles. The fourth-order valence-electron chi connectivity index (χ4n) is 6.23. The summed E-state index contributed by atoms with van der Waals surface area (Å²) in [5, 5.41) is 5.59. The van der Waals surface area contributed by atoms with Gasteiger partial charge in [0, 0.05) is 40.2 Å². The maximum absolute atomic E-state index is 13.8. The number of benzene rings is 1. The molecule has 1 aromatic carbocycles. The van der Waals surface area contributed by atoms with Crippen LogP contribution in [0.5, 0.6) is 0 Å². The van der Waals surface area contributed by atoms with Crippen molar-refractivity contribution in [3.8, 4) is 0 Å². The van der Waals surface area contributed by atoms with Crippen molar-refractivity contribution in [2.45, 2.75) is 124 Å². The Hall–Kier alpha value is -4.10. The van der Waals surface area contributed by atoms with Gasteiger partial charge in [-0.2, -0.15) is 0 Å². The van der Waals surface area contributed by atoms with Gasteiger partial charge < -0.3 is 34.6 Å². The number of rotatable bonds is 16. The lowest BCUT2D eigenvalue weighted by atomic mass is 9.90. The van der Waals surface area contributed by atoms with Crippen LogP contribution in [0, 0.1) is 18.8 Å². The summed E-state index contributed by atoms with van der Waals surface area (Å²) < 4.78 is 16.9. The molecule has 3 rings (SSSR count). The largest absolute Gasteiger partial charge is 0.459 e. The summed E-state index contributed by atoms with van der Waals surface area (Å²) in [4.78, 5) is 63.7. The Bertz CT molecular complexity index is 1380. The van der Waals surface area contributed by atoms with E-state index in [0.29, 0.717) is 18.9 Å². The van der Waals surface area contributed by atoms with Crippen molar-refractivity contribution in [1.29, 1.82) is 0 Å². The Balaban J connectivity index is 0.00000127. The summed E-state index contributed by atoms with van der Waals surface area (Å²) in [6.45, 7) is 17.7. The zero-order valence-electron chi connectivity index (χ0n) is 34.9. The molecule has 2 N–H and O–H groups in total. The van der Waals surface area contributed by atoms with Gasteiger partial charge in [-0.3, -0.25) is 19.2 Å². The van der Waals surface area contributed by atoms with E-state index in [4.69, 9.17) is 14.2 Å². The highest BCUT2D eigenvalue weighted by atomic mass is 16.6. The lowest BCUT2D eigenvalue weighted by molar-refractivity contribution is -0.155. The molecule has 13 heteroatoms. The van der Waals surface area contributed by atoms with Gasteiger partial charge in [0.2, 0.25) is 23.7 Å². The molecule has 2 heterocycles. The average molecular weight is 757 g/mol. The molecule has 304 valence electrons. The van der Waals surface area contributed by atoms with Crippen molar-refractivity contribution < 1.29 is 33.4 Å². The molecule has 6 atom stereocenters. The van der Waals surface area contributed by atoms with Gasteiger partial charge in [-0.05, 0) is 52.5 Å². The highest BCUT2D eigenvalue weighted by molar-refractivity contribution is 5.84. The number of ether oxygens (including phenoxy) is 3. The van der Waals surface area contributed by atoms with Gasteiger partial charge in [0.1, 0.15) is 12.1 Å². The van der Waals surface area contributed by atoms with E-state index in [2.05, 4.69) is 53.5 Å². The van der Waals surface area contributed by atoms with Gasteiger partial charge in [-0.25, -0.2) is 9.97 Å². The van der Waals surface area contributed by atoms with Crippen LogP contribution in [0.1, 0.15) is 93.1 Å². The quantitative estimate of drug-likeness (QED) is 0.205. The lowest BCUT2D eigenvalue weighted by Crippen LogP contribution is -2.54. The van der Waals surface area contributed by atoms with Crippen LogP contribution < -0.4 is 10.6 Å². The van der Waals surface area contributed by atoms with E-state index in [-0.39, 0.29) is 55.2 Å². The van der Waals surface area contributed by atoms with Crippen molar-refractivity contribution in [2.75, 3.05) is 46.2 Å². The number of carbonyl (C=O) groups is 4. The van der Waals surface area contributed by atoms with Crippen LogP contribution in [-0.4, -0.2) is 114 Å². The van der Waals surface area contributed by atoms with Crippen molar-refractivity contribution in [3.63, 3.8) is 0 Å². The zero-order chi connectivity index (χ0) is 40.8. The first kappa shape index (κ1) is 47.9. The zero-order valence-corrected chi connectivity index (χ0v) is 34.9. The standard InChI is InChI=1S/C31H52N6O7.C7H8.C3H8/c1-10-20(2)27(36(7)25(39)18-35-30-32-14-12-15-33-30)23(42-8)17-24(38)37-16-11-13-22(37)28(43-9)21(3)29(41)34-19-26(40)44-31(4,5)6;1-7-5-3-2-4-6-7;1-3-2/h12,14-15,20-23,27-28H,10-11,13,16-19H2,1-9H3,(H,34,41)(H,32,33,35);2-6H,1H3;3H2,1-2H3. The average Bonchev–Trinajstić information content (AvgIpc) is 3.63. The van der Waals surface area contributed by atoms with E-state index in [0.717, 1.165) is 12.8 Å². The molecule has 0 bridgehead atoms. The molecule has 0 aliphatic carbocycles. The number of aryl methyl sites for hydroxylation is 1. The Morgan fingerprint density at radius 3 is 2.07 bits per heavy atom. The highest BCUT2D eigenvalue weighted by Crippen LogP contribution is 2.29. The van der Waals surface area contributed by atoms with E-state index in [9.17, 15) is 19.2 Å². The molecule has 3 amide bonds. The van der Waals surface area contributed by atoms with E-state index in [1.807, 2.05) is 32.0 Å². The van der Waals surface area contributed by atoms with Crippen LogP contribution >= 0.6 is 0 Å². The molecule has 2 aromatic rings. The summed E-state index contributed by atoms with van der Waals surface area (Å²) in [6, 6.07) is 11.3. The Morgan fingerprint density at radius 2 is 1.57 bits per heavy atom. The van der Waals surface area contributed by atoms with Gasteiger partial charge in [0.05, 0.1) is 43.2 Å². The van der Waals surface area contributed by atoms with Gasteiger partial charge >= 0.3 is 5.97 Å². The monoisotopic (exact) mass is 757 g/mol. The molecule has 0 spiro atoms. The molecule has 13 nitrogen and oxygen atoms in total. The summed E-state index contributed by atoms with van der Waals surface area (Å²) in [5.41, 5.74) is 0.666. The maximum atomic E-state index is 13.8. The van der Waals surface area contributed by atoms with Gasteiger partial charge in [-0.1, -0.05) is 83.4 Å². The molecular weight excluding hydrogens is 688 g/mol. The summed E-state index contributed by atoms with van der Waals surface area (Å²) in [5.74, 6) is -1.42. The molecule has 1 aliphatic heterocycles. The second-order valence-corrected chi connectivity index (χ2v) is 14.7. The maximum Gasteiger partial charge on any atom is 0.325 e. The minimum atomic E-state index is -0.655. The van der Waals surface area contributed by atoms with Crippen LogP contribution in [-0.2, 0) is 33.4 Å². The molecule has 1 aromatic heterocycles. The summed E-state index contributed by atoms with van der Waals surface area (Å²) in [6.07, 6.45) is 5.57. The summed E-state index contributed by atoms with van der Waals surface area (Å²) >= 11 is 0. The number of carbonyl (C=O) groups excluding carboxylic acids is 4. The minimum absolute atomic E-state index is 0.00454. The smallest absolute Gasteiger partial charge is 0.325 e. The van der Waals surface area contributed by atoms with E-state index >= 15 is 0 Å². The third kappa shape index (κ3) is 16.9. The van der Waals surface area contributed by atoms with Gasteiger partial charge in [0.25, 0.3) is 0 Å². The number of amides is 3. The first-order valence-corrected chi connectivity index (χ1v) is 19.2. The number of aromatic nitrogens is 2. The summed E-state index contributed by atoms with van der Waals surface area (Å²) in [7, 11) is 4.80. The van der Waals surface area contributed by atoms with Crippen LogP contribution in [0.25, 0.3) is 0 Å². The van der Waals surface area contributed by atoms with Crippen molar-refractivity contribution >= 4 is 29.6 Å². The van der Waals surface area contributed by atoms with E-state index < -0.39 is 29.7 Å². The second kappa shape index (κ2) is 25.1. The number of nitrogens with one attached hydrogen (secondary N) is 2. The number of hydrogen-bond acceptors (Lipinski definition) is 10. The van der Waals surface area contributed by atoms with Crippen LogP contribution in [0.4, 0.5) is 5.95 Å². The van der Waals surface area contributed by atoms with Crippen LogP contribution in [0.3, 0.4) is 0 Å². The SMILES string of the molecule is CCC.CCC(C)C(C(CC(=O)N1CCCC1C(OC)C(C)C(=O)NCC(=O)OC(C)(C)C)OC)N(C)C(=O)CNc1ncccn1.Cc1ccccc1. The highest BCUT2D eigenvalue weighted by Gasteiger charge is 2.42. The number of likely N-dealkylation sites (tertiary alicyclic amines) is 1. The number of hydrogen-bond donors (Lipinski definition) is 2. The van der Waals surface area contributed by atoms with Crippen molar-refractivity contribution in [3.05, 3.63) is 54.4 Å². The Morgan fingerprint density at radius 1 is 0.963 bits per heavy atom. The molecular formula is C41H68N6O7. The molecule has 0 saturated carbocycles. The first-order valence-electron chi connectivity index (χ1n) is 19.2. The Labute approximate surface area is 324 Å². The van der Waals surface area contributed by atoms with Crippen LogP contribution in [0.15, 0.2) is 48.8 Å². The van der Waals surface area contributed by atoms with Gasteiger partial charge in [-0.15, -0.1) is 0 Å². The third-order valence-corrected chi connectivity index (χ3v) is 9.04. The van der Waals surface area contributed by atoms with E-state index in [1.54, 1.807) is 70.1 Å².